The number of anilines is 1. The monoisotopic (exact) mass is 519 g/mol. The predicted molar refractivity (Wildman–Crippen MR) is 133 cm³/mol. The molecule has 11 nitrogen and oxygen atoms in total. The minimum atomic E-state index is -3.98. The molecule has 0 aliphatic carbocycles. The summed E-state index contributed by atoms with van der Waals surface area (Å²) in [6, 6.07) is 10.5. The average molecular weight is 520 g/mol. The summed E-state index contributed by atoms with van der Waals surface area (Å²) in [5.74, 6) is 0.693. The van der Waals surface area contributed by atoms with Gasteiger partial charge in [0.1, 0.15) is 0 Å². The van der Waals surface area contributed by atoms with Gasteiger partial charge in [-0.05, 0) is 12.1 Å². The number of nitro groups is 1. The summed E-state index contributed by atoms with van der Waals surface area (Å²) in [4.78, 5) is 18.4. The van der Waals surface area contributed by atoms with Crippen LogP contribution in [0.2, 0.25) is 0 Å². The summed E-state index contributed by atoms with van der Waals surface area (Å²) >= 11 is 1.21. The van der Waals surface area contributed by atoms with Gasteiger partial charge in [0.2, 0.25) is 0 Å². The minimum absolute atomic E-state index is 0.00842. The number of aromatic nitrogens is 1. The number of non-ortho nitro benzene ring substituents is 1. The van der Waals surface area contributed by atoms with Crippen LogP contribution in [-0.4, -0.2) is 63.6 Å². The summed E-state index contributed by atoms with van der Waals surface area (Å²) < 4.78 is 39.2. The van der Waals surface area contributed by atoms with E-state index in [0.717, 1.165) is 31.1 Å². The lowest BCUT2D eigenvalue weighted by molar-refractivity contribution is -0.384. The van der Waals surface area contributed by atoms with Crippen LogP contribution in [-0.2, 0) is 16.6 Å². The molecule has 2 aromatic carbocycles. The number of ether oxygens (including phenoxy) is 2. The lowest BCUT2D eigenvalue weighted by Gasteiger charge is -2.26. The number of piperazine rings is 1. The van der Waals surface area contributed by atoms with Crippen molar-refractivity contribution in [3.05, 3.63) is 57.5 Å². The highest BCUT2D eigenvalue weighted by Crippen LogP contribution is 2.35. The molecular weight excluding hydrogens is 494 g/mol. The van der Waals surface area contributed by atoms with E-state index in [2.05, 4.69) is 19.9 Å². The third-order valence-electron chi connectivity index (χ3n) is 5.49. The molecule has 0 radical (unpaired) electrons. The van der Waals surface area contributed by atoms with Crippen LogP contribution in [0.15, 0.2) is 47.4 Å². The van der Waals surface area contributed by atoms with Gasteiger partial charge in [-0.1, -0.05) is 23.5 Å². The Bertz CT molecular complexity index is 1320. The quantitative estimate of drug-likeness (QED) is 0.323. The number of rotatable bonds is 9. The Morgan fingerprint density at radius 2 is 1.89 bits per heavy atom. The highest BCUT2D eigenvalue weighted by Gasteiger charge is 2.23. The maximum absolute atomic E-state index is 13.1. The molecule has 0 saturated carbocycles. The number of nitro benzene ring substituents is 1. The molecule has 4 rings (SSSR count). The van der Waals surface area contributed by atoms with Gasteiger partial charge in [0, 0.05) is 61.4 Å². The van der Waals surface area contributed by atoms with Gasteiger partial charge in [-0.2, -0.15) is 0 Å². The van der Waals surface area contributed by atoms with E-state index in [1.54, 1.807) is 12.1 Å². The molecule has 0 bridgehead atoms. The van der Waals surface area contributed by atoms with Crippen molar-refractivity contribution in [3.63, 3.8) is 0 Å². The van der Waals surface area contributed by atoms with Crippen molar-refractivity contribution >= 4 is 32.2 Å². The van der Waals surface area contributed by atoms with Crippen molar-refractivity contribution in [2.24, 2.45) is 0 Å². The molecule has 1 saturated heterocycles. The number of hydrogen-bond donors (Lipinski definition) is 2. The van der Waals surface area contributed by atoms with E-state index in [1.807, 2.05) is 0 Å². The number of nitrogens with zero attached hydrogens (tertiary/aromatic N) is 3. The Morgan fingerprint density at radius 3 is 2.57 bits per heavy atom. The van der Waals surface area contributed by atoms with Gasteiger partial charge < -0.3 is 14.8 Å². The van der Waals surface area contributed by atoms with Crippen LogP contribution in [0, 0.1) is 10.1 Å². The number of nitrogens with one attached hydrogen (secondary N) is 2. The molecule has 13 heteroatoms. The van der Waals surface area contributed by atoms with E-state index in [9.17, 15) is 18.5 Å². The van der Waals surface area contributed by atoms with Gasteiger partial charge in [0.15, 0.2) is 16.6 Å². The van der Waals surface area contributed by atoms with Gasteiger partial charge in [-0.25, -0.2) is 13.4 Å². The van der Waals surface area contributed by atoms with Crippen molar-refractivity contribution < 1.29 is 22.8 Å². The number of methoxy groups -OCH3 is 2. The van der Waals surface area contributed by atoms with Crippen molar-refractivity contribution in [1.82, 2.24) is 15.2 Å². The smallest absolute Gasteiger partial charge is 0.270 e. The van der Waals surface area contributed by atoms with E-state index in [-0.39, 0.29) is 21.5 Å². The van der Waals surface area contributed by atoms with Gasteiger partial charge >= 0.3 is 0 Å². The van der Waals surface area contributed by atoms with E-state index in [1.165, 1.54) is 55.9 Å². The molecule has 35 heavy (non-hydrogen) atoms. The van der Waals surface area contributed by atoms with E-state index in [0.29, 0.717) is 23.6 Å². The fourth-order valence-electron chi connectivity index (χ4n) is 3.72. The molecule has 0 unspecified atom stereocenters. The second-order valence-electron chi connectivity index (χ2n) is 7.75. The van der Waals surface area contributed by atoms with E-state index in [4.69, 9.17) is 9.47 Å². The van der Waals surface area contributed by atoms with Crippen LogP contribution in [0.4, 0.5) is 10.8 Å². The standard InChI is InChI=1S/C22H25N5O6S2/c1-32-18-7-6-17(13-19(18)33-2)35(30,31)25-22-24-21(15-4-3-5-16(12-15)27(28)29)20(34-22)14-26-10-8-23-9-11-26/h3-7,12-13,23H,8-11,14H2,1-2H3,(H,24,25). The molecule has 0 atom stereocenters. The summed E-state index contributed by atoms with van der Waals surface area (Å²) in [5.41, 5.74) is 1.01. The second kappa shape index (κ2) is 10.6. The first-order chi connectivity index (χ1) is 16.8. The van der Waals surface area contributed by atoms with Gasteiger partial charge in [0.05, 0.1) is 29.7 Å². The maximum Gasteiger partial charge on any atom is 0.270 e. The van der Waals surface area contributed by atoms with Crippen LogP contribution < -0.4 is 19.5 Å². The highest BCUT2D eigenvalue weighted by atomic mass is 32.2. The number of thiazole rings is 1. The van der Waals surface area contributed by atoms with E-state index >= 15 is 0 Å². The topological polar surface area (TPSA) is 136 Å². The van der Waals surface area contributed by atoms with Gasteiger partial charge in [-0.3, -0.25) is 19.7 Å². The summed E-state index contributed by atoms with van der Waals surface area (Å²) in [6.45, 7) is 3.92. The first-order valence-electron chi connectivity index (χ1n) is 10.7. The molecule has 3 aromatic rings. The number of benzene rings is 2. The summed E-state index contributed by atoms with van der Waals surface area (Å²) in [6.07, 6.45) is 0. The van der Waals surface area contributed by atoms with Crippen LogP contribution >= 0.6 is 11.3 Å². The predicted octanol–water partition coefficient (Wildman–Crippen LogP) is 2.94. The zero-order chi connectivity index (χ0) is 25.0. The fourth-order valence-corrected chi connectivity index (χ4v) is 6.00. The molecule has 2 heterocycles. The second-order valence-corrected chi connectivity index (χ2v) is 10.5. The maximum atomic E-state index is 13.1. The minimum Gasteiger partial charge on any atom is -0.493 e. The molecule has 1 aliphatic heterocycles. The SMILES string of the molecule is COc1ccc(S(=O)(=O)Nc2nc(-c3cccc([N+](=O)[O-])c3)c(CN3CCNCC3)s2)cc1OC. The molecule has 1 aliphatic rings. The highest BCUT2D eigenvalue weighted by molar-refractivity contribution is 7.93. The third-order valence-corrected chi connectivity index (χ3v) is 7.91. The van der Waals surface area contributed by atoms with Crippen LogP contribution in [0.3, 0.4) is 0 Å². The Kier molecular flexibility index (Phi) is 7.50. The molecule has 0 spiro atoms. The van der Waals surface area contributed by atoms with Gasteiger partial charge in [0.25, 0.3) is 15.7 Å². The van der Waals surface area contributed by atoms with Crippen molar-refractivity contribution in [2.45, 2.75) is 11.4 Å². The average Bonchev–Trinajstić information content (AvgIpc) is 3.25. The van der Waals surface area contributed by atoms with E-state index < -0.39 is 14.9 Å². The lowest BCUT2D eigenvalue weighted by Crippen LogP contribution is -2.42. The first-order valence-corrected chi connectivity index (χ1v) is 13.0. The fraction of sp³-hybridized carbons (Fsp3) is 0.318. The lowest BCUT2D eigenvalue weighted by atomic mass is 10.1. The van der Waals surface area contributed by atoms with Crippen LogP contribution in [0.1, 0.15) is 4.88 Å². The third kappa shape index (κ3) is 5.70. The van der Waals surface area contributed by atoms with Gasteiger partial charge in [-0.15, -0.1) is 0 Å². The Labute approximate surface area is 206 Å². The first kappa shape index (κ1) is 24.9. The van der Waals surface area contributed by atoms with Crippen molar-refractivity contribution in [1.29, 1.82) is 0 Å². The molecule has 1 aromatic heterocycles. The number of hydrogen-bond acceptors (Lipinski definition) is 10. The summed E-state index contributed by atoms with van der Waals surface area (Å²) in [5, 5.41) is 14.8. The molecule has 1 fully saturated rings. The number of sulfonamides is 1. The Balaban J connectivity index is 1.69. The Hall–Kier alpha value is -3.26. The Morgan fingerprint density at radius 1 is 1.14 bits per heavy atom. The molecular formula is C22H25N5O6S2. The zero-order valence-electron chi connectivity index (χ0n) is 19.2. The molecule has 186 valence electrons. The largest absolute Gasteiger partial charge is 0.493 e. The van der Waals surface area contributed by atoms with Crippen LogP contribution in [0.25, 0.3) is 11.3 Å². The zero-order valence-corrected chi connectivity index (χ0v) is 20.8. The van der Waals surface area contributed by atoms with Crippen LogP contribution in [0.5, 0.6) is 11.5 Å². The molecule has 2 N–H and O–H groups in total. The normalized spacial score (nSPS) is 14.5. The van der Waals surface area contributed by atoms with Crippen molar-refractivity contribution in [2.75, 3.05) is 45.1 Å². The molecule has 0 amide bonds. The van der Waals surface area contributed by atoms with Crippen molar-refractivity contribution in [3.8, 4) is 22.8 Å². The summed E-state index contributed by atoms with van der Waals surface area (Å²) in [7, 11) is -1.09.